The standard InChI is InChI=1S/C18H12ClN7S/c19-16-14(2-1-6-20-16)24-18-23-13-5-7-27-15(13)17(25-18)22-11-3-4-12-10(8-11)9-21-26-12/h1-9H,(H,21,26)(H2,22,23,24,25). The summed E-state index contributed by atoms with van der Waals surface area (Å²) in [7, 11) is 0. The van der Waals surface area contributed by atoms with Crippen LogP contribution in [0, 0.1) is 0 Å². The third-order valence-electron chi connectivity index (χ3n) is 4.01. The van der Waals surface area contributed by atoms with E-state index in [4.69, 9.17) is 11.6 Å². The van der Waals surface area contributed by atoms with Crippen molar-refractivity contribution in [1.29, 1.82) is 0 Å². The number of aromatic nitrogens is 5. The Bertz CT molecular complexity index is 1260. The summed E-state index contributed by atoms with van der Waals surface area (Å²) in [5, 5.41) is 16.9. The Morgan fingerprint density at radius 1 is 1.07 bits per heavy atom. The first-order chi connectivity index (χ1) is 13.3. The highest BCUT2D eigenvalue weighted by atomic mass is 35.5. The lowest BCUT2D eigenvalue weighted by Gasteiger charge is -2.10. The summed E-state index contributed by atoms with van der Waals surface area (Å²) >= 11 is 7.72. The number of halogens is 1. The first-order valence-electron chi connectivity index (χ1n) is 8.09. The first-order valence-corrected chi connectivity index (χ1v) is 9.35. The number of hydrogen-bond acceptors (Lipinski definition) is 7. The smallest absolute Gasteiger partial charge is 0.229 e. The van der Waals surface area contributed by atoms with Crippen LogP contribution in [0.5, 0.6) is 0 Å². The van der Waals surface area contributed by atoms with Gasteiger partial charge in [-0.1, -0.05) is 11.6 Å². The number of nitrogens with zero attached hydrogens (tertiary/aromatic N) is 4. The number of rotatable bonds is 4. The molecule has 0 saturated heterocycles. The number of nitrogens with one attached hydrogen (secondary N) is 3. The third kappa shape index (κ3) is 3.05. The van der Waals surface area contributed by atoms with Crippen molar-refractivity contribution in [2.24, 2.45) is 0 Å². The SMILES string of the molecule is Clc1ncccc1Nc1nc(Nc2ccc3[nH]ncc3c2)c2sccc2n1. The Morgan fingerprint density at radius 3 is 2.96 bits per heavy atom. The zero-order chi connectivity index (χ0) is 18.2. The molecule has 0 spiro atoms. The first kappa shape index (κ1) is 16.0. The molecule has 0 fully saturated rings. The second-order valence-corrected chi connectivity index (χ2v) is 7.07. The van der Waals surface area contributed by atoms with Crippen LogP contribution in [0.1, 0.15) is 0 Å². The van der Waals surface area contributed by atoms with Gasteiger partial charge in [-0.3, -0.25) is 5.10 Å². The fourth-order valence-corrected chi connectivity index (χ4v) is 3.70. The molecule has 4 aromatic heterocycles. The van der Waals surface area contributed by atoms with Crippen LogP contribution < -0.4 is 10.6 Å². The zero-order valence-electron chi connectivity index (χ0n) is 13.8. The quantitative estimate of drug-likeness (QED) is 0.368. The minimum absolute atomic E-state index is 0.367. The highest BCUT2D eigenvalue weighted by Gasteiger charge is 2.11. The molecule has 132 valence electrons. The van der Waals surface area contributed by atoms with E-state index in [1.807, 2.05) is 35.7 Å². The Morgan fingerprint density at radius 2 is 2.04 bits per heavy atom. The van der Waals surface area contributed by atoms with Gasteiger partial charge < -0.3 is 10.6 Å². The summed E-state index contributed by atoms with van der Waals surface area (Å²) in [6.07, 6.45) is 3.42. The van der Waals surface area contributed by atoms with E-state index in [-0.39, 0.29) is 0 Å². The Hall–Kier alpha value is -3.23. The largest absolute Gasteiger partial charge is 0.339 e. The fraction of sp³-hybridized carbons (Fsp3) is 0. The third-order valence-corrected chi connectivity index (χ3v) is 5.22. The van der Waals surface area contributed by atoms with Crippen LogP contribution in [0.3, 0.4) is 0 Å². The van der Waals surface area contributed by atoms with Crippen molar-refractivity contribution in [2.45, 2.75) is 0 Å². The maximum atomic E-state index is 6.13. The van der Waals surface area contributed by atoms with Crippen LogP contribution in [0.2, 0.25) is 5.15 Å². The van der Waals surface area contributed by atoms with Crippen molar-refractivity contribution in [3.05, 3.63) is 59.3 Å². The second-order valence-electron chi connectivity index (χ2n) is 5.79. The van der Waals surface area contributed by atoms with Crippen LogP contribution in [0.25, 0.3) is 21.1 Å². The summed E-state index contributed by atoms with van der Waals surface area (Å²) in [6.45, 7) is 0. The monoisotopic (exact) mass is 393 g/mol. The molecule has 0 aliphatic carbocycles. The average Bonchev–Trinajstić information content (AvgIpc) is 3.32. The van der Waals surface area contributed by atoms with Gasteiger partial charge in [0.1, 0.15) is 0 Å². The molecule has 0 atom stereocenters. The van der Waals surface area contributed by atoms with Gasteiger partial charge in [-0.05, 0) is 41.8 Å². The summed E-state index contributed by atoms with van der Waals surface area (Å²) in [4.78, 5) is 13.3. The van der Waals surface area contributed by atoms with Crippen LogP contribution in [-0.4, -0.2) is 25.1 Å². The van der Waals surface area contributed by atoms with Gasteiger partial charge in [0.2, 0.25) is 5.95 Å². The van der Waals surface area contributed by atoms with Gasteiger partial charge in [-0.2, -0.15) is 10.1 Å². The van der Waals surface area contributed by atoms with Gasteiger partial charge in [0, 0.05) is 17.3 Å². The summed E-state index contributed by atoms with van der Waals surface area (Å²) in [6, 6.07) is 11.6. The Labute approximate surface area is 162 Å². The molecule has 0 aliphatic rings. The number of pyridine rings is 1. The van der Waals surface area contributed by atoms with Crippen molar-refractivity contribution in [3.8, 4) is 0 Å². The average molecular weight is 394 g/mol. The molecule has 1 aromatic carbocycles. The summed E-state index contributed by atoms with van der Waals surface area (Å²) in [5.41, 5.74) is 3.41. The molecule has 0 radical (unpaired) electrons. The maximum Gasteiger partial charge on any atom is 0.229 e. The molecule has 3 N–H and O–H groups in total. The van der Waals surface area contributed by atoms with Crippen molar-refractivity contribution in [2.75, 3.05) is 10.6 Å². The van der Waals surface area contributed by atoms with Crippen LogP contribution in [0.15, 0.2) is 54.2 Å². The van der Waals surface area contributed by atoms with E-state index in [2.05, 4.69) is 35.8 Å². The van der Waals surface area contributed by atoms with Gasteiger partial charge in [-0.25, -0.2) is 9.97 Å². The minimum atomic E-state index is 0.367. The zero-order valence-corrected chi connectivity index (χ0v) is 15.3. The van der Waals surface area contributed by atoms with Gasteiger partial charge in [0.15, 0.2) is 11.0 Å². The van der Waals surface area contributed by atoms with E-state index in [1.165, 1.54) is 0 Å². The molecule has 0 amide bonds. The van der Waals surface area contributed by atoms with Crippen molar-refractivity contribution >= 4 is 67.2 Å². The van der Waals surface area contributed by atoms with E-state index >= 15 is 0 Å². The number of H-pyrrole nitrogens is 1. The van der Waals surface area contributed by atoms with E-state index in [0.29, 0.717) is 16.8 Å². The lowest BCUT2D eigenvalue weighted by Crippen LogP contribution is -2.02. The maximum absolute atomic E-state index is 6.13. The molecular weight excluding hydrogens is 382 g/mol. The molecular formula is C18H12ClN7S. The molecule has 0 aliphatic heterocycles. The number of hydrogen-bond donors (Lipinski definition) is 3. The highest BCUT2D eigenvalue weighted by Crippen LogP contribution is 2.31. The molecule has 7 nitrogen and oxygen atoms in total. The Kier molecular flexibility index (Phi) is 3.84. The van der Waals surface area contributed by atoms with Gasteiger partial charge in [-0.15, -0.1) is 11.3 Å². The molecule has 27 heavy (non-hydrogen) atoms. The van der Waals surface area contributed by atoms with E-state index < -0.39 is 0 Å². The van der Waals surface area contributed by atoms with E-state index in [0.717, 1.165) is 32.6 Å². The lowest BCUT2D eigenvalue weighted by atomic mass is 10.2. The topological polar surface area (TPSA) is 91.4 Å². The van der Waals surface area contributed by atoms with Gasteiger partial charge in [0.05, 0.1) is 27.6 Å². The predicted molar refractivity (Wildman–Crippen MR) is 109 cm³/mol. The lowest BCUT2D eigenvalue weighted by molar-refractivity contribution is 1.12. The second kappa shape index (κ2) is 6.49. The highest BCUT2D eigenvalue weighted by molar-refractivity contribution is 7.17. The fourth-order valence-electron chi connectivity index (χ4n) is 2.76. The molecule has 4 heterocycles. The number of benzene rings is 1. The van der Waals surface area contributed by atoms with Crippen molar-refractivity contribution < 1.29 is 0 Å². The Balaban J connectivity index is 1.54. The van der Waals surface area contributed by atoms with Gasteiger partial charge in [0.25, 0.3) is 0 Å². The summed E-state index contributed by atoms with van der Waals surface area (Å²) < 4.78 is 0.977. The molecule has 0 bridgehead atoms. The van der Waals surface area contributed by atoms with Crippen LogP contribution in [-0.2, 0) is 0 Å². The van der Waals surface area contributed by atoms with E-state index in [1.54, 1.807) is 29.8 Å². The predicted octanol–water partition coefficient (Wildman–Crippen LogP) is 5.10. The number of fused-ring (bicyclic) bond motifs is 2. The molecule has 5 rings (SSSR count). The summed E-state index contributed by atoms with van der Waals surface area (Å²) in [5.74, 6) is 1.17. The van der Waals surface area contributed by atoms with Crippen molar-refractivity contribution in [1.82, 2.24) is 25.1 Å². The van der Waals surface area contributed by atoms with Crippen LogP contribution >= 0.6 is 22.9 Å². The molecule has 5 aromatic rings. The number of aromatic amines is 1. The molecule has 9 heteroatoms. The van der Waals surface area contributed by atoms with Gasteiger partial charge >= 0.3 is 0 Å². The normalized spacial score (nSPS) is 11.1. The van der Waals surface area contributed by atoms with Crippen LogP contribution in [0.4, 0.5) is 23.1 Å². The van der Waals surface area contributed by atoms with E-state index in [9.17, 15) is 0 Å². The number of thiophene rings is 1. The molecule has 0 saturated carbocycles. The minimum Gasteiger partial charge on any atom is -0.339 e. The number of anilines is 4. The van der Waals surface area contributed by atoms with Crippen molar-refractivity contribution in [3.63, 3.8) is 0 Å². The molecule has 0 unspecified atom stereocenters.